The molecule has 4 nitrogen and oxygen atoms in total. The topological polar surface area (TPSA) is 52.6 Å². The van der Waals surface area contributed by atoms with Gasteiger partial charge in [-0.15, -0.1) is 0 Å². The monoisotopic (exact) mass is 314 g/mol. The van der Waals surface area contributed by atoms with Gasteiger partial charge in [0, 0.05) is 25.8 Å². The molecule has 3 rings (SSSR count). The summed E-state index contributed by atoms with van der Waals surface area (Å²) in [6.45, 7) is 4.17. The Bertz CT molecular complexity index is 585. The summed E-state index contributed by atoms with van der Waals surface area (Å²) < 4.78 is 0. The van der Waals surface area contributed by atoms with Gasteiger partial charge in [0.1, 0.15) is 0 Å². The SMILES string of the molecule is C/C(=C\C(=O)Nc1ccccc1N1CCC(CO)CC1)C1CC1. The molecular formula is C19H26N2O2. The molecule has 1 heterocycles. The quantitative estimate of drug-likeness (QED) is 0.821. The molecule has 1 aromatic carbocycles. The maximum atomic E-state index is 12.2. The smallest absolute Gasteiger partial charge is 0.248 e. The average Bonchev–Trinajstić information content (AvgIpc) is 3.40. The fraction of sp³-hybridized carbons (Fsp3) is 0.526. The molecule has 0 spiro atoms. The summed E-state index contributed by atoms with van der Waals surface area (Å²) in [5.41, 5.74) is 3.14. The number of benzene rings is 1. The maximum Gasteiger partial charge on any atom is 0.248 e. The Morgan fingerprint density at radius 1 is 1.26 bits per heavy atom. The number of piperidine rings is 1. The number of nitrogens with zero attached hydrogens (tertiary/aromatic N) is 1. The van der Waals surface area contributed by atoms with Crippen molar-refractivity contribution < 1.29 is 9.90 Å². The first-order chi connectivity index (χ1) is 11.2. The van der Waals surface area contributed by atoms with E-state index in [1.54, 1.807) is 6.08 Å². The predicted octanol–water partition coefficient (Wildman–Crippen LogP) is 3.19. The van der Waals surface area contributed by atoms with Crippen LogP contribution in [0.15, 0.2) is 35.9 Å². The van der Waals surface area contributed by atoms with Gasteiger partial charge in [-0.25, -0.2) is 0 Å². The number of para-hydroxylation sites is 2. The predicted molar refractivity (Wildman–Crippen MR) is 93.6 cm³/mol. The van der Waals surface area contributed by atoms with Gasteiger partial charge in [0.05, 0.1) is 11.4 Å². The summed E-state index contributed by atoms with van der Waals surface area (Å²) in [6, 6.07) is 7.99. The van der Waals surface area contributed by atoms with Crippen LogP contribution in [-0.2, 0) is 4.79 Å². The number of carbonyl (C=O) groups is 1. The standard InChI is InChI=1S/C19H26N2O2/c1-14(16-6-7-16)12-19(23)20-17-4-2-3-5-18(17)21-10-8-15(13-22)9-11-21/h2-5,12,15-16,22H,6-11,13H2,1H3,(H,20,23)/b14-12+. The van der Waals surface area contributed by atoms with Gasteiger partial charge in [0.2, 0.25) is 5.91 Å². The highest BCUT2D eigenvalue weighted by Crippen LogP contribution is 2.36. The second-order valence-electron chi connectivity index (χ2n) is 6.78. The fourth-order valence-electron chi connectivity index (χ4n) is 3.24. The molecule has 1 aliphatic heterocycles. The summed E-state index contributed by atoms with van der Waals surface area (Å²) in [4.78, 5) is 14.6. The molecule has 2 fully saturated rings. The van der Waals surface area contributed by atoms with Gasteiger partial charge in [-0.2, -0.15) is 0 Å². The van der Waals surface area contributed by atoms with Crippen LogP contribution >= 0.6 is 0 Å². The van der Waals surface area contributed by atoms with Gasteiger partial charge < -0.3 is 15.3 Å². The van der Waals surface area contributed by atoms with Crippen molar-refractivity contribution in [2.24, 2.45) is 11.8 Å². The Kier molecular flexibility index (Phi) is 5.01. The molecule has 2 N–H and O–H groups in total. The lowest BCUT2D eigenvalue weighted by Gasteiger charge is -2.34. The lowest BCUT2D eigenvalue weighted by Crippen LogP contribution is -2.35. The molecule has 1 saturated heterocycles. The highest BCUT2D eigenvalue weighted by molar-refractivity contribution is 6.02. The van der Waals surface area contributed by atoms with Gasteiger partial charge in [-0.3, -0.25) is 4.79 Å². The molecule has 0 unspecified atom stereocenters. The molecule has 4 heteroatoms. The molecule has 0 aromatic heterocycles. The van der Waals surface area contributed by atoms with E-state index in [1.807, 2.05) is 25.1 Å². The molecule has 0 atom stereocenters. The van der Waals surface area contributed by atoms with Crippen molar-refractivity contribution in [1.82, 2.24) is 0 Å². The van der Waals surface area contributed by atoms with Gasteiger partial charge in [0.25, 0.3) is 0 Å². The Morgan fingerprint density at radius 3 is 2.61 bits per heavy atom. The third-order valence-electron chi connectivity index (χ3n) is 4.96. The van der Waals surface area contributed by atoms with Crippen LogP contribution in [0.25, 0.3) is 0 Å². The highest BCUT2D eigenvalue weighted by Gasteiger charge is 2.24. The summed E-state index contributed by atoms with van der Waals surface area (Å²) in [7, 11) is 0. The number of aliphatic hydroxyl groups is 1. The van der Waals surface area contributed by atoms with E-state index in [4.69, 9.17) is 0 Å². The zero-order chi connectivity index (χ0) is 16.2. The molecule has 1 aromatic rings. The van der Waals surface area contributed by atoms with Crippen molar-refractivity contribution in [1.29, 1.82) is 0 Å². The van der Waals surface area contributed by atoms with E-state index in [2.05, 4.69) is 16.3 Å². The van der Waals surface area contributed by atoms with E-state index in [1.165, 1.54) is 18.4 Å². The molecule has 1 aliphatic carbocycles. The highest BCUT2D eigenvalue weighted by atomic mass is 16.3. The summed E-state index contributed by atoms with van der Waals surface area (Å²) in [6.07, 6.45) is 6.17. The summed E-state index contributed by atoms with van der Waals surface area (Å²) in [5.74, 6) is 0.998. The number of amides is 1. The minimum absolute atomic E-state index is 0.0351. The Morgan fingerprint density at radius 2 is 1.96 bits per heavy atom. The largest absolute Gasteiger partial charge is 0.396 e. The lowest BCUT2D eigenvalue weighted by molar-refractivity contribution is -0.112. The number of rotatable bonds is 5. The maximum absolute atomic E-state index is 12.2. The van der Waals surface area contributed by atoms with E-state index < -0.39 is 0 Å². The van der Waals surface area contributed by atoms with Crippen molar-refractivity contribution in [2.45, 2.75) is 32.6 Å². The van der Waals surface area contributed by atoms with Crippen molar-refractivity contribution in [2.75, 3.05) is 29.9 Å². The lowest BCUT2D eigenvalue weighted by atomic mass is 9.97. The van der Waals surface area contributed by atoms with Gasteiger partial charge in [0.15, 0.2) is 0 Å². The second kappa shape index (κ2) is 7.18. The number of allylic oxidation sites excluding steroid dienone is 1. The minimum Gasteiger partial charge on any atom is -0.396 e. The van der Waals surface area contributed by atoms with Crippen LogP contribution in [-0.4, -0.2) is 30.7 Å². The number of anilines is 2. The fourth-order valence-corrected chi connectivity index (χ4v) is 3.24. The Labute approximate surface area is 138 Å². The summed E-state index contributed by atoms with van der Waals surface area (Å²) in [5, 5.41) is 12.3. The minimum atomic E-state index is -0.0351. The number of carbonyl (C=O) groups excluding carboxylic acids is 1. The molecule has 23 heavy (non-hydrogen) atoms. The van der Waals surface area contributed by atoms with Crippen LogP contribution in [0.1, 0.15) is 32.6 Å². The second-order valence-corrected chi connectivity index (χ2v) is 6.78. The molecule has 1 amide bonds. The molecular weight excluding hydrogens is 288 g/mol. The Hall–Kier alpha value is -1.81. The van der Waals surface area contributed by atoms with E-state index in [0.29, 0.717) is 11.8 Å². The average molecular weight is 314 g/mol. The first-order valence-electron chi connectivity index (χ1n) is 8.61. The normalized spacial score (nSPS) is 19.7. The zero-order valence-electron chi connectivity index (χ0n) is 13.8. The van der Waals surface area contributed by atoms with Crippen LogP contribution in [0.3, 0.4) is 0 Å². The zero-order valence-corrected chi connectivity index (χ0v) is 13.8. The number of aliphatic hydroxyl groups excluding tert-OH is 1. The van der Waals surface area contributed by atoms with Crippen LogP contribution in [0.5, 0.6) is 0 Å². The molecule has 0 bridgehead atoms. The first kappa shape index (κ1) is 16.1. The van der Waals surface area contributed by atoms with Crippen LogP contribution < -0.4 is 10.2 Å². The number of hydrogen-bond acceptors (Lipinski definition) is 3. The number of hydrogen-bond donors (Lipinski definition) is 2. The third kappa shape index (κ3) is 4.14. The Balaban J connectivity index is 1.68. The van der Waals surface area contributed by atoms with Crippen LogP contribution in [0.2, 0.25) is 0 Å². The first-order valence-corrected chi connectivity index (χ1v) is 8.61. The van der Waals surface area contributed by atoms with Crippen LogP contribution in [0.4, 0.5) is 11.4 Å². The molecule has 2 aliphatic rings. The van der Waals surface area contributed by atoms with Crippen molar-refractivity contribution >= 4 is 17.3 Å². The van der Waals surface area contributed by atoms with Gasteiger partial charge >= 0.3 is 0 Å². The molecule has 1 saturated carbocycles. The third-order valence-corrected chi connectivity index (χ3v) is 4.96. The van der Waals surface area contributed by atoms with Crippen LogP contribution in [0, 0.1) is 11.8 Å². The number of nitrogens with one attached hydrogen (secondary N) is 1. The van der Waals surface area contributed by atoms with E-state index in [9.17, 15) is 9.90 Å². The van der Waals surface area contributed by atoms with E-state index in [-0.39, 0.29) is 12.5 Å². The van der Waals surface area contributed by atoms with Crippen molar-refractivity contribution in [3.05, 3.63) is 35.9 Å². The van der Waals surface area contributed by atoms with E-state index >= 15 is 0 Å². The van der Waals surface area contributed by atoms with Gasteiger partial charge in [-0.1, -0.05) is 17.7 Å². The van der Waals surface area contributed by atoms with Gasteiger partial charge in [-0.05, 0) is 56.6 Å². The summed E-state index contributed by atoms with van der Waals surface area (Å²) >= 11 is 0. The van der Waals surface area contributed by atoms with Crippen molar-refractivity contribution in [3.8, 4) is 0 Å². The van der Waals surface area contributed by atoms with E-state index in [0.717, 1.165) is 37.3 Å². The molecule has 0 radical (unpaired) electrons. The van der Waals surface area contributed by atoms with Crippen molar-refractivity contribution in [3.63, 3.8) is 0 Å². The molecule has 124 valence electrons.